The molecule has 1 aliphatic rings. The van der Waals surface area contributed by atoms with Gasteiger partial charge in [-0.3, -0.25) is 0 Å². The summed E-state index contributed by atoms with van der Waals surface area (Å²) in [5.74, 6) is 1.60. The average molecular weight is 361 g/mol. The lowest BCUT2D eigenvalue weighted by molar-refractivity contribution is 0.403. The minimum Gasteiger partial charge on any atom is -0.496 e. The van der Waals surface area contributed by atoms with E-state index in [4.69, 9.17) is 4.74 Å². The third-order valence-corrected chi connectivity index (χ3v) is 4.86. The molecule has 0 amide bonds. The first kappa shape index (κ1) is 13.8. The maximum atomic E-state index is 13.7. The van der Waals surface area contributed by atoms with Crippen molar-refractivity contribution >= 4 is 27.0 Å². The number of rotatable bonds is 2. The van der Waals surface area contributed by atoms with Crippen LogP contribution < -0.4 is 4.74 Å². The van der Waals surface area contributed by atoms with Gasteiger partial charge in [0.05, 0.1) is 28.7 Å². The normalized spacial score (nSPS) is 17.0. The van der Waals surface area contributed by atoms with Crippen molar-refractivity contribution in [1.29, 1.82) is 0 Å². The first-order chi connectivity index (χ1) is 10.7. The molecule has 3 aromatic rings. The van der Waals surface area contributed by atoms with Crippen molar-refractivity contribution in [1.82, 2.24) is 9.55 Å². The van der Waals surface area contributed by atoms with E-state index in [0.717, 1.165) is 35.5 Å². The van der Waals surface area contributed by atoms with Gasteiger partial charge in [-0.15, -0.1) is 0 Å². The fourth-order valence-corrected chi connectivity index (χ4v) is 3.63. The second-order valence-electron chi connectivity index (χ2n) is 5.45. The summed E-state index contributed by atoms with van der Waals surface area (Å²) >= 11 is 3.27. The Morgan fingerprint density at radius 1 is 1.32 bits per heavy atom. The van der Waals surface area contributed by atoms with E-state index in [9.17, 15) is 4.39 Å². The number of fused-ring (bicyclic) bond motifs is 3. The van der Waals surface area contributed by atoms with Crippen LogP contribution in [0.3, 0.4) is 0 Å². The van der Waals surface area contributed by atoms with Crippen LogP contribution in [-0.2, 0) is 6.42 Å². The van der Waals surface area contributed by atoms with Crippen molar-refractivity contribution in [3.8, 4) is 5.75 Å². The Bertz CT molecular complexity index is 874. The van der Waals surface area contributed by atoms with E-state index in [0.29, 0.717) is 9.99 Å². The molecule has 0 saturated carbocycles. The summed E-state index contributed by atoms with van der Waals surface area (Å²) in [6, 6.07) is 11.5. The fraction of sp³-hybridized carbons (Fsp3) is 0.235. The number of imidazole rings is 1. The van der Waals surface area contributed by atoms with Crippen molar-refractivity contribution < 1.29 is 9.13 Å². The van der Waals surface area contributed by atoms with Gasteiger partial charge in [-0.2, -0.15) is 0 Å². The van der Waals surface area contributed by atoms with E-state index in [1.807, 2.05) is 24.3 Å². The summed E-state index contributed by atoms with van der Waals surface area (Å²) in [6.07, 6.45) is 1.87. The van der Waals surface area contributed by atoms with E-state index >= 15 is 0 Å². The summed E-state index contributed by atoms with van der Waals surface area (Å²) in [7, 11) is 1.69. The van der Waals surface area contributed by atoms with Gasteiger partial charge in [-0.25, -0.2) is 9.37 Å². The zero-order valence-electron chi connectivity index (χ0n) is 12.0. The molecule has 0 fully saturated rings. The minimum atomic E-state index is -0.280. The van der Waals surface area contributed by atoms with Crippen LogP contribution in [0.2, 0.25) is 0 Å². The number of ether oxygens (including phenoxy) is 1. The highest BCUT2D eigenvalue weighted by molar-refractivity contribution is 9.10. The highest BCUT2D eigenvalue weighted by Crippen LogP contribution is 2.39. The van der Waals surface area contributed by atoms with Crippen molar-refractivity contribution in [2.24, 2.45) is 0 Å². The predicted molar refractivity (Wildman–Crippen MR) is 86.8 cm³/mol. The Labute approximate surface area is 135 Å². The molecule has 0 bridgehead atoms. The van der Waals surface area contributed by atoms with E-state index in [-0.39, 0.29) is 11.9 Å². The standard InChI is InChI=1S/C17H14BrFN2O/c1-22-16-5-3-2-4-10(16)14-6-7-17-20-13-9-12(19)11(18)8-15(13)21(14)17/h2-5,8-9,14H,6-7H2,1H3/t14-/m0/s1. The number of methoxy groups -OCH3 is 1. The Kier molecular flexibility index (Phi) is 3.18. The molecular formula is C17H14BrFN2O. The molecule has 1 aromatic heterocycles. The van der Waals surface area contributed by atoms with E-state index in [1.54, 1.807) is 7.11 Å². The SMILES string of the molecule is COc1ccccc1[C@@H]1CCc2nc3cc(F)c(Br)cc3n21. The highest BCUT2D eigenvalue weighted by Gasteiger charge is 2.29. The molecule has 0 unspecified atom stereocenters. The third-order valence-electron chi connectivity index (χ3n) is 4.26. The molecule has 0 aliphatic carbocycles. The smallest absolute Gasteiger partial charge is 0.139 e. The van der Waals surface area contributed by atoms with Gasteiger partial charge in [0.2, 0.25) is 0 Å². The van der Waals surface area contributed by atoms with Crippen molar-refractivity contribution in [2.75, 3.05) is 7.11 Å². The maximum Gasteiger partial charge on any atom is 0.139 e. The van der Waals surface area contributed by atoms with Crippen LogP contribution in [0.25, 0.3) is 11.0 Å². The number of hydrogen-bond acceptors (Lipinski definition) is 2. The monoisotopic (exact) mass is 360 g/mol. The molecule has 22 heavy (non-hydrogen) atoms. The highest BCUT2D eigenvalue weighted by atomic mass is 79.9. The number of aryl methyl sites for hydroxylation is 1. The van der Waals surface area contributed by atoms with Crippen molar-refractivity contribution in [3.63, 3.8) is 0 Å². The number of aromatic nitrogens is 2. The summed E-state index contributed by atoms with van der Waals surface area (Å²) in [6.45, 7) is 0. The largest absolute Gasteiger partial charge is 0.496 e. The molecule has 0 radical (unpaired) electrons. The van der Waals surface area contributed by atoms with Gasteiger partial charge in [-0.05, 0) is 34.5 Å². The number of halogens is 2. The summed E-state index contributed by atoms with van der Waals surface area (Å²) in [5, 5.41) is 0. The summed E-state index contributed by atoms with van der Waals surface area (Å²) in [4.78, 5) is 4.59. The van der Waals surface area contributed by atoms with Gasteiger partial charge in [0.1, 0.15) is 17.4 Å². The zero-order chi connectivity index (χ0) is 15.3. The second-order valence-corrected chi connectivity index (χ2v) is 6.30. The average Bonchev–Trinajstić information content (AvgIpc) is 3.07. The van der Waals surface area contributed by atoms with Gasteiger partial charge in [0, 0.05) is 18.1 Å². The summed E-state index contributed by atoms with van der Waals surface area (Å²) < 4.78 is 21.9. The van der Waals surface area contributed by atoms with Crippen LogP contribution in [0.15, 0.2) is 40.9 Å². The van der Waals surface area contributed by atoms with Crippen LogP contribution in [-0.4, -0.2) is 16.7 Å². The predicted octanol–water partition coefficient (Wildman–Crippen LogP) is 4.48. The quantitative estimate of drug-likeness (QED) is 0.673. The lowest BCUT2D eigenvalue weighted by atomic mass is 10.0. The van der Waals surface area contributed by atoms with E-state index in [1.165, 1.54) is 6.07 Å². The molecule has 2 aromatic carbocycles. The molecule has 2 heterocycles. The molecule has 0 N–H and O–H groups in total. The Hall–Kier alpha value is -1.88. The molecule has 4 rings (SSSR count). The van der Waals surface area contributed by atoms with E-state index < -0.39 is 0 Å². The van der Waals surface area contributed by atoms with Gasteiger partial charge in [0.25, 0.3) is 0 Å². The zero-order valence-corrected chi connectivity index (χ0v) is 13.6. The first-order valence-corrected chi connectivity index (χ1v) is 7.97. The molecule has 0 saturated heterocycles. The third kappa shape index (κ3) is 1.96. The molecule has 112 valence electrons. The lowest BCUT2D eigenvalue weighted by Crippen LogP contribution is -2.07. The van der Waals surface area contributed by atoms with Crippen molar-refractivity contribution in [2.45, 2.75) is 18.9 Å². The van der Waals surface area contributed by atoms with Crippen molar-refractivity contribution in [3.05, 3.63) is 58.1 Å². The minimum absolute atomic E-state index is 0.175. The molecule has 5 heteroatoms. The number of nitrogens with zero attached hydrogens (tertiary/aromatic N) is 2. The Morgan fingerprint density at radius 2 is 2.14 bits per heavy atom. The van der Waals surface area contributed by atoms with Gasteiger partial charge in [0.15, 0.2) is 0 Å². The van der Waals surface area contributed by atoms with E-state index in [2.05, 4.69) is 31.5 Å². The van der Waals surface area contributed by atoms with Crippen LogP contribution in [0.4, 0.5) is 4.39 Å². The maximum absolute atomic E-state index is 13.7. The van der Waals surface area contributed by atoms with Gasteiger partial charge >= 0.3 is 0 Å². The number of benzene rings is 2. The first-order valence-electron chi connectivity index (χ1n) is 7.18. The van der Waals surface area contributed by atoms with Crippen LogP contribution >= 0.6 is 15.9 Å². The van der Waals surface area contributed by atoms with Crippen LogP contribution in [0.5, 0.6) is 5.75 Å². The fourth-order valence-electron chi connectivity index (χ4n) is 3.30. The summed E-state index contributed by atoms with van der Waals surface area (Å²) in [5.41, 5.74) is 2.80. The second kappa shape index (κ2) is 5.09. The Balaban J connectivity index is 1.93. The van der Waals surface area contributed by atoms with Crippen LogP contribution in [0.1, 0.15) is 23.9 Å². The molecular weight excluding hydrogens is 347 g/mol. The molecule has 1 aliphatic heterocycles. The lowest BCUT2D eigenvalue weighted by Gasteiger charge is -2.18. The number of para-hydroxylation sites is 1. The molecule has 0 spiro atoms. The molecule has 1 atom stereocenters. The number of hydrogen-bond donors (Lipinski definition) is 0. The Morgan fingerprint density at radius 3 is 2.95 bits per heavy atom. The topological polar surface area (TPSA) is 27.1 Å². The van der Waals surface area contributed by atoms with Crippen LogP contribution in [0, 0.1) is 5.82 Å². The molecule has 3 nitrogen and oxygen atoms in total. The van der Waals surface area contributed by atoms with Gasteiger partial charge in [-0.1, -0.05) is 18.2 Å². The van der Waals surface area contributed by atoms with Gasteiger partial charge < -0.3 is 9.30 Å².